The fraction of sp³-hybridized carbons (Fsp3) is 0.231. The summed E-state index contributed by atoms with van der Waals surface area (Å²) < 4.78 is 1.64. The van der Waals surface area contributed by atoms with Gasteiger partial charge in [0.15, 0.2) is 5.69 Å². The van der Waals surface area contributed by atoms with Crippen LogP contribution in [-0.2, 0) is 6.42 Å². The van der Waals surface area contributed by atoms with Gasteiger partial charge in [-0.05, 0) is 37.1 Å². The third-order valence-corrected chi connectivity index (χ3v) is 2.70. The lowest BCUT2D eigenvalue weighted by molar-refractivity contribution is 0.0690. The van der Waals surface area contributed by atoms with Crippen LogP contribution in [0.1, 0.15) is 28.7 Å². The smallest absolute Gasteiger partial charge is 0.356 e. The number of aromatic nitrogens is 2. The van der Waals surface area contributed by atoms with Crippen molar-refractivity contribution in [2.75, 3.05) is 0 Å². The monoisotopic (exact) mass is 230 g/mol. The number of benzene rings is 1. The van der Waals surface area contributed by atoms with E-state index in [0.29, 0.717) is 0 Å². The fourth-order valence-corrected chi connectivity index (χ4v) is 1.71. The van der Waals surface area contributed by atoms with E-state index in [1.54, 1.807) is 10.7 Å². The van der Waals surface area contributed by atoms with E-state index in [9.17, 15) is 4.79 Å². The molecular weight excluding hydrogens is 216 g/mol. The molecule has 1 heterocycles. The van der Waals surface area contributed by atoms with Crippen molar-refractivity contribution in [2.45, 2.75) is 20.3 Å². The number of nitrogens with zero attached hydrogens (tertiary/aromatic N) is 2. The molecule has 0 spiro atoms. The van der Waals surface area contributed by atoms with Gasteiger partial charge in [0.2, 0.25) is 0 Å². The highest BCUT2D eigenvalue weighted by molar-refractivity contribution is 5.85. The molecular formula is C13H14N2O2. The van der Waals surface area contributed by atoms with E-state index < -0.39 is 5.97 Å². The van der Waals surface area contributed by atoms with Crippen LogP contribution in [0.15, 0.2) is 30.3 Å². The predicted octanol–water partition coefficient (Wildman–Crippen LogP) is 2.44. The number of hydrogen-bond acceptors (Lipinski definition) is 2. The molecule has 1 aromatic carbocycles. The Bertz CT molecular complexity index is 541. The van der Waals surface area contributed by atoms with Crippen LogP contribution in [0.2, 0.25) is 0 Å². The van der Waals surface area contributed by atoms with Gasteiger partial charge in [-0.2, -0.15) is 5.10 Å². The van der Waals surface area contributed by atoms with Crippen molar-refractivity contribution in [3.05, 3.63) is 47.3 Å². The van der Waals surface area contributed by atoms with E-state index in [1.807, 2.05) is 31.2 Å². The average molecular weight is 230 g/mol. The normalized spacial score (nSPS) is 10.5. The summed E-state index contributed by atoms with van der Waals surface area (Å²) in [6.45, 7) is 3.93. The third-order valence-electron chi connectivity index (χ3n) is 2.70. The Morgan fingerprint density at radius 1 is 1.35 bits per heavy atom. The van der Waals surface area contributed by atoms with Gasteiger partial charge in [-0.1, -0.05) is 19.1 Å². The Labute approximate surface area is 99.5 Å². The van der Waals surface area contributed by atoms with Crippen LogP contribution in [-0.4, -0.2) is 20.9 Å². The van der Waals surface area contributed by atoms with Crippen molar-refractivity contribution in [2.24, 2.45) is 0 Å². The number of carboxylic acids is 1. The molecule has 0 aliphatic heterocycles. The molecule has 1 aromatic heterocycles. The standard InChI is InChI=1S/C13H14N2O2/c1-3-10-4-6-11(7-5-10)15-9(2)8-12(14-15)13(16)17/h4-8H,3H2,1-2H3,(H,16,17). The maximum absolute atomic E-state index is 10.8. The Hall–Kier alpha value is -2.10. The summed E-state index contributed by atoms with van der Waals surface area (Å²) in [5, 5.41) is 12.9. The number of carbonyl (C=O) groups is 1. The van der Waals surface area contributed by atoms with Gasteiger partial charge in [-0.25, -0.2) is 9.48 Å². The maximum Gasteiger partial charge on any atom is 0.356 e. The molecule has 0 fully saturated rings. The van der Waals surface area contributed by atoms with Crippen molar-refractivity contribution in [3.63, 3.8) is 0 Å². The van der Waals surface area contributed by atoms with Gasteiger partial charge in [0.1, 0.15) is 0 Å². The van der Waals surface area contributed by atoms with Crippen molar-refractivity contribution in [1.82, 2.24) is 9.78 Å². The Morgan fingerprint density at radius 3 is 2.47 bits per heavy atom. The van der Waals surface area contributed by atoms with Gasteiger partial charge in [0.25, 0.3) is 0 Å². The second kappa shape index (κ2) is 4.41. The van der Waals surface area contributed by atoms with E-state index in [4.69, 9.17) is 5.11 Å². The summed E-state index contributed by atoms with van der Waals surface area (Å²) in [6, 6.07) is 9.51. The lowest BCUT2D eigenvalue weighted by Gasteiger charge is -2.04. The molecule has 0 radical (unpaired) electrons. The zero-order chi connectivity index (χ0) is 12.4. The van der Waals surface area contributed by atoms with Crippen LogP contribution < -0.4 is 0 Å². The summed E-state index contributed by atoms with van der Waals surface area (Å²) in [4.78, 5) is 10.8. The summed E-state index contributed by atoms with van der Waals surface area (Å²) in [5.74, 6) is -1.00. The molecule has 2 aromatic rings. The SMILES string of the molecule is CCc1ccc(-n2nc(C(=O)O)cc2C)cc1. The molecule has 4 heteroatoms. The van der Waals surface area contributed by atoms with Gasteiger partial charge in [0, 0.05) is 5.69 Å². The molecule has 0 unspecified atom stereocenters. The number of aryl methyl sites for hydroxylation is 2. The summed E-state index contributed by atoms with van der Waals surface area (Å²) in [7, 11) is 0. The van der Waals surface area contributed by atoms with Gasteiger partial charge in [-0.15, -0.1) is 0 Å². The fourth-order valence-electron chi connectivity index (χ4n) is 1.71. The molecule has 0 atom stereocenters. The second-order valence-electron chi connectivity index (χ2n) is 3.91. The van der Waals surface area contributed by atoms with Crippen LogP contribution in [0, 0.1) is 6.92 Å². The molecule has 0 aliphatic rings. The first kappa shape index (κ1) is 11.4. The first-order valence-electron chi connectivity index (χ1n) is 5.51. The number of rotatable bonds is 3. The van der Waals surface area contributed by atoms with E-state index in [1.165, 1.54) is 5.56 Å². The van der Waals surface area contributed by atoms with Crippen molar-refractivity contribution < 1.29 is 9.90 Å². The van der Waals surface area contributed by atoms with Crippen LogP contribution in [0.4, 0.5) is 0 Å². The van der Waals surface area contributed by atoms with Gasteiger partial charge in [0.05, 0.1) is 5.69 Å². The summed E-state index contributed by atoms with van der Waals surface area (Å²) in [5.41, 5.74) is 3.01. The molecule has 0 amide bonds. The lowest BCUT2D eigenvalue weighted by Crippen LogP contribution is -2.02. The van der Waals surface area contributed by atoms with Gasteiger partial charge in [-0.3, -0.25) is 0 Å². The molecule has 4 nitrogen and oxygen atoms in total. The van der Waals surface area contributed by atoms with Crippen LogP contribution in [0.5, 0.6) is 0 Å². The molecule has 0 saturated heterocycles. The van der Waals surface area contributed by atoms with E-state index in [-0.39, 0.29) is 5.69 Å². The molecule has 2 rings (SSSR count). The maximum atomic E-state index is 10.8. The zero-order valence-electron chi connectivity index (χ0n) is 9.84. The van der Waals surface area contributed by atoms with Crippen molar-refractivity contribution in [1.29, 1.82) is 0 Å². The topological polar surface area (TPSA) is 55.1 Å². The van der Waals surface area contributed by atoms with Crippen LogP contribution in [0.25, 0.3) is 5.69 Å². The number of hydrogen-bond donors (Lipinski definition) is 1. The highest BCUT2D eigenvalue weighted by Gasteiger charge is 2.11. The van der Waals surface area contributed by atoms with Crippen molar-refractivity contribution >= 4 is 5.97 Å². The largest absolute Gasteiger partial charge is 0.476 e. The molecule has 0 bridgehead atoms. The molecule has 1 N–H and O–H groups in total. The highest BCUT2D eigenvalue weighted by atomic mass is 16.4. The predicted molar refractivity (Wildman–Crippen MR) is 64.6 cm³/mol. The van der Waals surface area contributed by atoms with Crippen LogP contribution >= 0.6 is 0 Å². The zero-order valence-corrected chi connectivity index (χ0v) is 9.84. The van der Waals surface area contributed by atoms with Crippen molar-refractivity contribution in [3.8, 4) is 5.69 Å². The first-order chi connectivity index (χ1) is 8.11. The first-order valence-corrected chi connectivity index (χ1v) is 5.51. The second-order valence-corrected chi connectivity index (χ2v) is 3.91. The molecule has 0 saturated carbocycles. The molecule has 88 valence electrons. The van der Waals surface area contributed by atoms with E-state index in [0.717, 1.165) is 17.8 Å². The summed E-state index contributed by atoms with van der Waals surface area (Å²) in [6.07, 6.45) is 0.985. The van der Waals surface area contributed by atoms with E-state index in [2.05, 4.69) is 12.0 Å². The highest BCUT2D eigenvalue weighted by Crippen LogP contribution is 2.13. The number of carboxylic acid groups (broad SMARTS) is 1. The number of aromatic carboxylic acids is 1. The van der Waals surface area contributed by atoms with Gasteiger partial charge >= 0.3 is 5.97 Å². The Kier molecular flexibility index (Phi) is 2.95. The molecule has 17 heavy (non-hydrogen) atoms. The minimum absolute atomic E-state index is 0.0714. The van der Waals surface area contributed by atoms with Gasteiger partial charge < -0.3 is 5.11 Å². The minimum atomic E-state index is -1.00. The third kappa shape index (κ3) is 2.20. The Morgan fingerprint density at radius 2 is 2.00 bits per heavy atom. The summed E-state index contributed by atoms with van der Waals surface area (Å²) >= 11 is 0. The minimum Gasteiger partial charge on any atom is -0.476 e. The Balaban J connectivity index is 2.41. The lowest BCUT2D eigenvalue weighted by atomic mass is 10.1. The van der Waals surface area contributed by atoms with E-state index >= 15 is 0 Å². The quantitative estimate of drug-likeness (QED) is 0.881. The average Bonchev–Trinajstić information content (AvgIpc) is 2.72. The van der Waals surface area contributed by atoms with Crippen LogP contribution in [0.3, 0.4) is 0 Å². The molecule has 0 aliphatic carbocycles.